The number of aromatic amines is 1. The zero-order valence-electron chi connectivity index (χ0n) is 16.1. The first-order valence-electron chi connectivity index (χ1n) is 9.06. The fourth-order valence-corrected chi connectivity index (χ4v) is 3.62. The first-order valence-corrected chi connectivity index (χ1v) is 9.44. The molecule has 142 valence electrons. The lowest BCUT2D eigenvalue weighted by Crippen LogP contribution is -2.19. The van der Waals surface area contributed by atoms with Crippen LogP contribution in [0.1, 0.15) is 53.8 Å². The fraction of sp³-hybridized carbons (Fsp3) is 0.381. The number of carbonyl (C=O) groups is 1. The fourth-order valence-electron chi connectivity index (χ4n) is 3.33. The average molecular weight is 386 g/mol. The number of hydrogen-bond donors (Lipinski definition) is 2. The summed E-state index contributed by atoms with van der Waals surface area (Å²) >= 11 is 6.29. The molecule has 1 amide bonds. The Labute approximate surface area is 164 Å². The topological polar surface area (TPSA) is 85.8 Å². The van der Waals surface area contributed by atoms with Crippen LogP contribution in [0.15, 0.2) is 16.9 Å². The van der Waals surface area contributed by atoms with E-state index in [0.717, 1.165) is 35.2 Å². The molecule has 0 saturated heterocycles. The number of nitrogens with zero attached hydrogens (tertiary/aromatic N) is 1. The van der Waals surface area contributed by atoms with Gasteiger partial charge in [0.1, 0.15) is 11.6 Å². The predicted molar refractivity (Wildman–Crippen MR) is 108 cm³/mol. The summed E-state index contributed by atoms with van der Waals surface area (Å²) in [5.74, 6) is -0.120. The SMILES string of the molecule is CCc1ccc(Cl)c(CC)c1NC(=O)CCc1c(C)[nH]c(=O)c(C#N)c1C. The minimum atomic E-state index is -0.389. The molecule has 0 unspecified atom stereocenters. The van der Waals surface area contributed by atoms with Gasteiger partial charge in [0.05, 0.1) is 0 Å². The number of hydrogen-bond acceptors (Lipinski definition) is 3. The maximum Gasteiger partial charge on any atom is 0.266 e. The van der Waals surface area contributed by atoms with Crippen molar-refractivity contribution in [3.63, 3.8) is 0 Å². The van der Waals surface area contributed by atoms with E-state index >= 15 is 0 Å². The van der Waals surface area contributed by atoms with Crippen molar-refractivity contribution in [2.24, 2.45) is 0 Å². The monoisotopic (exact) mass is 385 g/mol. The van der Waals surface area contributed by atoms with Crippen molar-refractivity contribution in [2.45, 2.75) is 53.4 Å². The summed E-state index contributed by atoms with van der Waals surface area (Å²) in [5.41, 5.74) is 4.66. The van der Waals surface area contributed by atoms with E-state index in [1.807, 2.05) is 32.0 Å². The molecule has 2 rings (SSSR count). The number of H-pyrrole nitrogens is 1. The number of amides is 1. The van der Waals surface area contributed by atoms with Crippen molar-refractivity contribution >= 4 is 23.2 Å². The van der Waals surface area contributed by atoms with Crippen molar-refractivity contribution in [1.82, 2.24) is 4.98 Å². The van der Waals surface area contributed by atoms with Gasteiger partial charge in [0.2, 0.25) is 5.91 Å². The molecule has 0 atom stereocenters. The van der Waals surface area contributed by atoms with Gasteiger partial charge in [-0.15, -0.1) is 0 Å². The highest BCUT2D eigenvalue weighted by atomic mass is 35.5. The Morgan fingerprint density at radius 3 is 2.52 bits per heavy atom. The number of pyridine rings is 1. The third kappa shape index (κ3) is 4.40. The van der Waals surface area contributed by atoms with Crippen LogP contribution in [-0.4, -0.2) is 10.9 Å². The van der Waals surface area contributed by atoms with Gasteiger partial charge in [0.15, 0.2) is 0 Å². The standard InChI is InChI=1S/C21H24ClN3O2/c1-5-14-7-9-18(22)15(6-2)20(14)25-19(26)10-8-16-12(3)17(11-23)21(27)24-13(16)4/h7,9H,5-6,8,10H2,1-4H3,(H,24,27)(H,25,26). The molecule has 1 aromatic heterocycles. The Kier molecular flexibility index (Phi) is 6.81. The average Bonchev–Trinajstić information content (AvgIpc) is 2.62. The van der Waals surface area contributed by atoms with E-state index in [1.165, 1.54) is 0 Å². The number of anilines is 1. The Hall–Kier alpha value is -2.58. The molecular formula is C21H24ClN3O2. The van der Waals surface area contributed by atoms with Crippen LogP contribution in [0.5, 0.6) is 0 Å². The van der Waals surface area contributed by atoms with Crippen LogP contribution < -0.4 is 10.9 Å². The zero-order valence-corrected chi connectivity index (χ0v) is 16.9. The minimum Gasteiger partial charge on any atom is -0.326 e. The van der Waals surface area contributed by atoms with Gasteiger partial charge in [-0.1, -0.05) is 31.5 Å². The predicted octanol–water partition coefficient (Wildman–Crippen LogP) is 4.21. The molecule has 0 aliphatic heterocycles. The summed E-state index contributed by atoms with van der Waals surface area (Å²) in [6.07, 6.45) is 2.21. The highest BCUT2D eigenvalue weighted by molar-refractivity contribution is 6.32. The van der Waals surface area contributed by atoms with E-state index in [9.17, 15) is 9.59 Å². The first kappa shape index (κ1) is 20.7. The summed E-state index contributed by atoms with van der Waals surface area (Å²) in [7, 11) is 0. The molecule has 0 spiro atoms. The third-order valence-corrected chi connectivity index (χ3v) is 5.22. The van der Waals surface area contributed by atoms with Crippen molar-refractivity contribution in [1.29, 1.82) is 5.26 Å². The first-order chi connectivity index (χ1) is 12.8. The highest BCUT2D eigenvalue weighted by Gasteiger charge is 2.16. The number of nitriles is 1. The minimum absolute atomic E-state index is 0.104. The summed E-state index contributed by atoms with van der Waals surface area (Å²) < 4.78 is 0. The lowest BCUT2D eigenvalue weighted by atomic mass is 9.98. The number of benzene rings is 1. The highest BCUT2D eigenvalue weighted by Crippen LogP contribution is 2.29. The van der Waals surface area contributed by atoms with Gasteiger partial charge < -0.3 is 10.3 Å². The quantitative estimate of drug-likeness (QED) is 0.780. The van der Waals surface area contributed by atoms with Gasteiger partial charge in [0.25, 0.3) is 5.56 Å². The summed E-state index contributed by atoms with van der Waals surface area (Å²) in [6, 6.07) is 5.74. The van der Waals surface area contributed by atoms with Crippen LogP contribution in [0.3, 0.4) is 0 Å². The Morgan fingerprint density at radius 1 is 1.22 bits per heavy atom. The number of nitrogens with one attached hydrogen (secondary N) is 2. The second-order valence-corrected chi connectivity index (χ2v) is 6.89. The van der Waals surface area contributed by atoms with Crippen molar-refractivity contribution in [2.75, 3.05) is 5.32 Å². The Bertz CT molecular complexity index is 971. The molecule has 1 heterocycles. The van der Waals surface area contributed by atoms with Crippen molar-refractivity contribution in [3.8, 4) is 6.07 Å². The van der Waals surface area contributed by atoms with Crippen LogP contribution in [0.4, 0.5) is 5.69 Å². The maximum absolute atomic E-state index is 12.6. The summed E-state index contributed by atoms with van der Waals surface area (Å²) in [5, 5.41) is 12.8. The molecule has 0 fully saturated rings. The third-order valence-electron chi connectivity index (χ3n) is 4.86. The molecule has 0 aliphatic carbocycles. The molecule has 0 radical (unpaired) electrons. The van der Waals surface area contributed by atoms with Gasteiger partial charge in [-0.3, -0.25) is 9.59 Å². The molecule has 6 heteroatoms. The molecule has 27 heavy (non-hydrogen) atoms. The van der Waals surface area contributed by atoms with E-state index in [-0.39, 0.29) is 23.5 Å². The van der Waals surface area contributed by atoms with Gasteiger partial charge in [-0.2, -0.15) is 5.26 Å². The molecule has 0 aliphatic rings. The number of aryl methyl sites for hydroxylation is 2. The molecule has 0 saturated carbocycles. The number of halogens is 1. The van der Waals surface area contributed by atoms with Gasteiger partial charge in [-0.25, -0.2) is 0 Å². The molecular weight excluding hydrogens is 362 g/mol. The van der Waals surface area contributed by atoms with Crippen LogP contribution in [0.25, 0.3) is 0 Å². The van der Waals surface area contributed by atoms with Crippen molar-refractivity contribution < 1.29 is 4.79 Å². The molecule has 2 N–H and O–H groups in total. The number of aromatic nitrogens is 1. The number of carbonyl (C=O) groups excluding carboxylic acids is 1. The Morgan fingerprint density at radius 2 is 1.93 bits per heavy atom. The van der Waals surface area contributed by atoms with Crippen LogP contribution in [0.2, 0.25) is 5.02 Å². The summed E-state index contributed by atoms with van der Waals surface area (Å²) in [6.45, 7) is 7.57. The normalized spacial score (nSPS) is 10.5. The second-order valence-electron chi connectivity index (χ2n) is 6.48. The van der Waals surface area contributed by atoms with E-state index in [2.05, 4.69) is 10.3 Å². The largest absolute Gasteiger partial charge is 0.326 e. The van der Waals surface area contributed by atoms with Gasteiger partial charge in [0, 0.05) is 22.8 Å². The molecule has 2 aromatic rings. The van der Waals surface area contributed by atoms with E-state index in [0.29, 0.717) is 22.7 Å². The zero-order chi connectivity index (χ0) is 20.1. The van der Waals surface area contributed by atoms with Crippen LogP contribution >= 0.6 is 11.6 Å². The van der Waals surface area contributed by atoms with E-state index < -0.39 is 0 Å². The van der Waals surface area contributed by atoms with Crippen molar-refractivity contribution in [3.05, 3.63) is 61.0 Å². The van der Waals surface area contributed by atoms with E-state index in [4.69, 9.17) is 16.9 Å². The van der Waals surface area contributed by atoms with E-state index in [1.54, 1.807) is 13.8 Å². The molecule has 5 nitrogen and oxygen atoms in total. The lowest BCUT2D eigenvalue weighted by molar-refractivity contribution is -0.116. The maximum atomic E-state index is 12.6. The lowest BCUT2D eigenvalue weighted by Gasteiger charge is -2.16. The number of rotatable bonds is 6. The second kappa shape index (κ2) is 8.88. The van der Waals surface area contributed by atoms with Crippen LogP contribution in [-0.2, 0) is 24.1 Å². The van der Waals surface area contributed by atoms with Crippen LogP contribution in [0, 0.1) is 25.2 Å². The van der Waals surface area contributed by atoms with Gasteiger partial charge in [-0.05, 0) is 61.4 Å². The Balaban J connectivity index is 2.23. The summed E-state index contributed by atoms with van der Waals surface area (Å²) in [4.78, 5) is 27.1. The smallest absolute Gasteiger partial charge is 0.266 e. The molecule has 1 aromatic carbocycles. The molecule has 0 bridgehead atoms. The van der Waals surface area contributed by atoms with Gasteiger partial charge >= 0.3 is 0 Å².